The summed E-state index contributed by atoms with van der Waals surface area (Å²) in [6, 6.07) is 0. The van der Waals surface area contributed by atoms with E-state index in [4.69, 9.17) is 9.47 Å². The van der Waals surface area contributed by atoms with Crippen molar-refractivity contribution in [3.8, 4) is 0 Å². The number of ether oxygens (including phenoxy) is 2. The van der Waals surface area contributed by atoms with E-state index >= 15 is 0 Å². The standard InChI is InChI=1S/C13H25NO3/c1-12(2,3)17-11(15)14-8-7-10(9-14)13(4,5)16-6/h10H,7-9H2,1-6H3. The van der Waals surface area contributed by atoms with E-state index in [1.54, 1.807) is 12.0 Å². The maximum atomic E-state index is 11.9. The molecule has 0 aromatic carbocycles. The number of hydrogen-bond acceptors (Lipinski definition) is 3. The van der Waals surface area contributed by atoms with Crippen molar-refractivity contribution in [3.63, 3.8) is 0 Å². The molecule has 1 rings (SSSR count). The van der Waals surface area contributed by atoms with Crippen molar-refractivity contribution in [2.45, 2.75) is 52.2 Å². The average Bonchev–Trinajstić information content (AvgIpc) is 2.64. The molecule has 0 aromatic rings. The highest BCUT2D eigenvalue weighted by molar-refractivity contribution is 5.68. The third-order valence-corrected chi connectivity index (χ3v) is 3.35. The number of carbonyl (C=O) groups excluding carboxylic acids is 1. The minimum Gasteiger partial charge on any atom is -0.444 e. The molecule has 4 heteroatoms. The number of rotatable bonds is 2. The Labute approximate surface area is 104 Å². The Bertz CT molecular complexity index is 281. The maximum Gasteiger partial charge on any atom is 0.410 e. The van der Waals surface area contributed by atoms with Gasteiger partial charge in [-0.15, -0.1) is 0 Å². The van der Waals surface area contributed by atoms with Crippen molar-refractivity contribution in [2.24, 2.45) is 5.92 Å². The van der Waals surface area contributed by atoms with E-state index in [2.05, 4.69) is 13.8 Å². The zero-order chi connectivity index (χ0) is 13.3. The zero-order valence-corrected chi connectivity index (χ0v) is 11.9. The molecule has 1 fully saturated rings. The molecular weight excluding hydrogens is 218 g/mol. The molecule has 17 heavy (non-hydrogen) atoms. The van der Waals surface area contributed by atoms with Crippen molar-refractivity contribution in [1.29, 1.82) is 0 Å². The van der Waals surface area contributed by atoms with Crippen LogP contribution in [0.1, 0.15) is 41.0 Å². The van der Waals surface area contributed by atoms with E-state index in [1.807, 2.05) is 20.8 Å². The number of methoxy groups -OCH3 is 1. The highest BCUT2D eigenvalue weighted by atomic mass is 16.6. The number of likely N-dealkylation sites (tertiary alicyclic amines) is 1. The summed E-state index contributed by atoms with van der Waals surface area (Å²) in [6.45, 7) is 11.3. The lowest BCUT2D eigenvalue weighted by atomic mass is 9.90. The fourth-order valence-electron chi connectivity index (χ4n) is 1.99. The lowest BCUT2D eigenvalue weighted by Crippen LogP contribution is -2.39. The highest BCUT2D eigenvalue weighted by Crippen LogP contribution is 2.30. The van der Waals surface area contributed by atoms with Crippen LogP contribution in [0.15, 0.2) is 0 Å². The lowest BCUT2D eigenvalue weighted by molar-refractivity contribution is -0.0257. The second-order valence-electron chi connectivity index (χ2n) is 6.22. The zero-order valence-electron chi connectivity index (χ0n) is 11.9. The fraction of sp³-hybridized carbons (Fsp3) is 0.923. The first-order chi connectivity index (χ1) is 7.65. The Balaban J connectivity index is 2.54. The smallest absolute Gasteiger partial charge is 0.410 e. The maximum absolute atomic E-state index is 11.9. The first kappa shape index (κ1) is 14.3. The first-order valence-corrected chi connectivity index (χ1v) is 6.19. The topological polar surface area (TPSA) is 38.8 Å². The summed E-state index contributed by atoms with van der Waals surface area (Å²) in [5.41, 5.74) is -0.608. The quantitative estimate of drug-likeness (QED) is 0.748. The van der Waals surface area contributed by atoms with E-state index in [1.165, 1.54) is 0 Å². The van der Waals surface area contributed by atoms with Crippen molar-refractivity contribution < 1.29 is 14.3 Å². The normalized spacial score (nSPS) is 21.8. The fourth-order valence-corrected chi connectivity index (χ4v) is 1.99. The lowest BCUT2D eigenvalue weighted by Gasteiger charge is -2.30. The van der Waals surface area contributed by atoms with Gasteiger partial charge in [0.05, 0.1) is 5.60 Å². The van der Waals surface area contributed by atoms with Crippen LogP contribution in [0.4, 0.5) is 4.79 Å². The molecule has 0 aliphatic carbocycles. The molecular formula is C13H25NO3. The molecule has 0 radical (unpaired) electrons. The largest absolute Gasteiger partial charge is 0.444 e. The van der Waals surface area contributed by atoms with Crippen molar-refractivity contribution in [3.05, 3.63) is 0 Å². The number of amides is 1. The molecule has 0 N–H and O–H groups in total. The molecule has 100 valence electrons. The summed E-state index contributed by atoms with van der Waals surface area (Å²) in [5.74, 6) is 0.375. The van der Waals surface area contributed by atoms with Gasteiger partial charge in [0.2, 0.25) is 0 Å². The molecule has 1 aliphatic heterocycles. The van der Waals surface area contributed by atoms with E-state index < -0.39 is 5.60 Å². The van der Waals surface area contributed by atoms with Gasteiger partial charge in [-0.25, -0.2) is 4.79 Å². The van der Waals surface area contributed by atoms with E-state index in [0.717, 1.165) is 19.5 Å². The van der Waals surface area contributed by atoms with Gasteiger partial charge in [0.25, 0.3) is 0 Å². The van der Waals surface area contributed by atoms with Crippen LogP contribution < -0.4 is 0 Å². The van der Waals surface area contributed by atoms with Gasteiger partial charge in [-0.1, -0.05) is 0 Å². The minimum absolute atomic E-state index is 0.184. The van der Waals surface area contributed by atoms with Crippen LogP contribution in [-0.2, 0) is 9.47 Å². The second kappa shape index (κ2) is 4.84. The van der Waals surface area contributed by atoms with Crippen molar-refractivity contribution in [1.82, 2.24) is 4.90 Å². The highest BCUT2D eigenvalue weighted by Gasteiger charge is 2.38. The predicted molar refractivity (Wildman–Crippen MR) is 67.0 cm³/mol. The molecule has 1 amide bonds. The molecule has 1 saturated heterocycles. The van der Waals surface area contributed by atoms with Crippen LogP contribution in [0, 0.1) is 5.92 Å². The summed E-state index contributed by atoms with van der Waals surface area (Å²) < 4.78 is 10.8. The molecule has 0 bridgehead atoms. The van der Waals surface area contributed by atoms with Gasteiger partial charge >= 0.3 is 6.09 Å². The van der Waals surface area contributed by atoms with Crippen LogP contribution >= 0.6 is 0 Å². The van der Waals surface area contributed by atoms with Crippen LogP contribution in [0.5, 0.6) is 0 Å². The van der Waals surface area contributed by atoms with E-state index in [0.29, 0.717) is 5.92 Å². The number of carbonyl (C=O) groups is 1. The summed E-state index contributed by atoms with van der Waals surface area (Å²) >= 11 is 0. The van der Waals surface area contributed by atoms with Gasteiger partial charge < -0.3 is 14.4 Å². The molecule has 0 saturated carbocycles. The summed E-state index contributed by atoms with van der Waals surface area (Å²) in [5, 5.41) is 0. The average molecular weight is 243 g/mol. The molecule has 1 aliphatic rings. The van der Waals surface area contributed by atoms with Gasteiger partial charge in [-0.3, -0.25) is 0 Å². The molecule has 0 spiro atoms. The molecule has 1 atom stereocenters. The molecule has 4 nitrogen and oxygen atoms in total. The Morgan fingerprint density at radius 2 is 1.82 bits per heavy atom. The van der Waals surface area contributed by atoms with Crippen LogP contribution in [-0.4, -0.2) is 42.4 Å². The van der Waals surface area contributed by atoms with Gasteiger partial charge in [0, 0.05) is 26.1 Å². The molecule has 0 aromatic heterocycles. The van der Waals surface area contributed by atoms with Gasteiger partial charge in [-0.05, 0) is 41.0 Å². The Kier molecular flexibility index (Phi) is 4.07. The molecule has 1 heterocycles. The second-order valence-corrected chi connectivity index (χ2v) is 6.22. The van der Waals surface area contributed by atoms with E-state index in [-0.39, 0.29) is 11.7 Å². The number of hydrogen-bond donors (Lipinski definition) is 0. The monoisotopic (exact) mass is 243 g/mol. The SMILES string of the molecule is COC(C)(C)C1CCN(C(=O)OC(C)(C)C)C1. The Morgan fingerprint density at radius 1 is 1.24 bits per heavy atom. The van der Waals surface area contributed by atoms with Gasteiger partial charge in [-0.2, -0.15) is 0 Å². The first-order valence-electron chi connectivity index (χ1n) is 6.19. The van der Waals surface area contributed by atoms with Crippen LogP contribution in [0.3, 0.4) is 0 Å². The summed E-state index contributed by atoms with van der Waals surface area (Å²) in [7, 11) is 1.72. The summed E-state index contributed by atoms with van der Waals surface area (Å²) in [6.07, 6.45) is 0.756. The summed E-state index contributed by atoms with van der Waals surface area (Å²) in [4.78, 5) is 13.7. The third kappa shape index (κ3) is 3.87. The van der Waals surface area contributed by atoms with Gasteiger partial charge in [0.15, 0.2) is 0 Å². The Morgan fingerprint density at radius 3 is 2.29 bits per heavy atom. The molecule has 1 unspecified atom stereocenters. The van der Waals surface area contributed by atoms with Crippen LogP contribution in [0.2, 0.25) is 0 Å². The Hall–Kier alpha value is -0.770. The van der Waals surface area contributed by atoms with Crippen molar-refractivity contribution in [2.75, 3.05) is 20.2 Å². The van der Waals surface area contributed by atoms with Crippen molar-refractivity contribution >= 4 is 6.09 Å². The number of nitrogens with zero attached hydrogens (tertiary/aromatic N) is 1. The van der Waals surface area contributed by atoms with Gasteiger partial charge in [0.1, 0.15) is 5.60 Å². The van der Waals surface area contributed by atoms with Crippen LogP contribution in [0.25, 0.3) is 0 Å². The minimum atomic E-state index is -0.425. The van der Waals surface area contributed by atoms with E-state index in [9.17, 15) is 4.79 Å². The predicted octanol–water partition coefficient (Wildman–Crippen LogP) is 2.67. The third-order valence-electron chi connectivity index (χ3n) is 3.35.